The number of hydrogen-bond acceptors (Lipinski definition) is 4. The van der Waals surface area contributed by atoms with Crippen molar-refractivity contribution in [1.82, 2.24) is 14.7 Å². The van der Waals surface area contributed by atoms with E-state index in [2.05, 4.69) is 42.7 Å². The summed E-state index contributed by atoms with van der Waals surface area (Å²) >= 11 is 0. The molecule has 19 heavy (non-hydrogen) atoms. The molecule has 1 atom stereocenters. The van der Waals surface area contributed by atoms with E-state index in [0.29, 0.717) is 12.0 Å². The summed E-state index contributed by atoms with van der Waals surface area (Å²) in [5.74, 6) is 1.46. The predicted octanol–water partition coefficient (Wildman–Crippen LogP) is 1.66. The second-order valence-corrected chi connectivity index (χ2v) is 5.89. The van der Waals surface area contributed by atoms with Gasteiger partial charge in [0, 0.05) is 32.7 Å². The fourth-order valence-corrected chi connectivity index (χ4v) is 2.93. The van der Waals surface area contributed by atoms with Crippen molar-refractivity contribution < 1.29 is 0 Å². The summed E-state index contributed by atoms with van der Waals surface area (Å²) in [5, 5.41) is 4.59. The van der Waals surface area contributed by atoms with Crippen molar-refractivity contribution in [3.63, 3.8) is 0 Å². The summed E-state index contributed by atoms with van der Waals surface area (Å²) in [6.45, 7) is 9.67. The topological polar surface area (TPSA) is 50.3 Å². The summed E-state index contributed by atoms with van der Waals surface area (Å²) in [4.78, 5) is 4.83. The number of aryl methyl sites for hydroxylation is 1. The number of aromatic nitrogens is 2. The first-order valence-electron chi connectivity index (χ1n) is 7.23. The van der Waals surface area contributed by atoms with Crippen LogP contribution in [0.5, 0.6) is 0 Å². The minimum atomic E-state index is 0.370. The molecule has 0 bridgehead atoms. The van der Waals surface area contributed by atoms with Gasteiger partial charge >= 0.3 is 0 Å². The Bertz CT molecular complexity index is 437. The molecule has 1 aromatic rings. The third kappa shape index (κ3) is 2.56. The minimum Gasteiger partial charge on any atom is -0.394 e. The molecule has 0 amide bonds. The summed E-state index contributed by atoms with van der Waals surface area (Å²) < 4.78 is 1.95. The van der Waals surface area contributed by atoms with Crippen molar-refractivity contribution in [1.29, 1.82) is 0 Å². The largest absolute Gasteiger partial charge is 0.394 e. The van der Waals surface area contributed by atoms with Gasteiger partial charge in [0.2, 0.25) is 0 Å². The van der Waals surface area contributed by atoms with E-state index in [-0.39, 0.29) is 0 Å². The van der Waals surface area contributed by atoms with Gasteiger partial charge in [-0.05, 0) is 19.4 Å². The van der Waals surface area contributed by atoms with Gasteiger partial charge in [-0.1, -0.05) is 20.8 Å². The Hall–Kier alpha value is -1.23. The fourth-order valence-electron chi connectivity index (χ4n) is 2.93. The number of nitrogens with two attached hydrogens (primary N) is 1. The van der Waals surface area contributed by atoms with Crippen molar-refractivity contribution in [3.05, 3.63) is 5.69 Å². The number of likely N-dealkylation sites (N-methyl/N-ethyl adjacent to an activating group) is 1. The average molecular weight is 265 g/mol. The van der Waals surface area contributed by atoms with Crippen LogP contribution in [0.1, 0.15) is 38.8 Å². The Morgan fingerprint density at radius 3 is 2.53 bits per heavy atom. The van der Waals surface area contributed by atoms with Crippen molar-refractivity contribution in [2.45, 2.75) is 39.2 Å². The molecule has 1 fully saturated rings. The van der Waals surface area contributed by atoms with E-state index >= 15 is 0 Å². The zero-order chi connectivity index (χ0) is 14.2. The number of anilines is 2. The first-order valence-corrected chi connectivity index (χ1v) is 7.23. The molecular weight excluding hydrogens is 238 g/mol. The summed E-state index contributed by atoms with van der Waals surface area (Å²) in [6, 6.07) is 0.602. The number of nitrogen functional groups attached to an aromatic ring is 1. The lowest BCUT2D eigenvalue weighted by Gasteiger charge is -2.40. The van der Waals surface area contributed by atoms with Crippen LogP contribution in [-0.4, -0.2) is 47.4 Å². The molecule has 2 heterocycles. The van der Waals surface area contributed by atoms with E-state index in [4.69, 9.17) is 5.73 Å². The molecule has 0 saturated carbocycles. The normalized spacial score (nSPS) is 21.4. The minimum absolute atomic E-state index is 0.370. The SMILES string of the molecule is CCC1CN(c2c(N)c(C(C)C)nn2C)CCN1C. The molecule has 108 valence electrons. The van der Waals surface area contributed by atoms with Crippen LogP contribution in [-0.2, 0) is 7.05 Å². The Morgan fingerprint density at radius 1 is 1.32 bits per heavy atom. The van der Waals surface area contributed by atoms with Gasteiger partial charge in [-0.2, -0.15) is 5.10 Å². The summed E-state index contributed by atoms with van der Waals surface area (Å²) in [5.41, 5.74) is 8.20. The van der Waals surface area contributed by atoms with E-state index in [1.165, 1.54) is 6.42 Å². The van der Waals surface area contributed by atoms with Crippen LogP contribution in [0.15, 0.2) is 0 Å². The molecule has 0 aliphatic carbocycles. The Kier molecular flexibility index (Phi) is 4.04. The van der Waals surface area contributed by atoms with Crippen LogP contribution >= 0.6 is 0 Å². The van der Waals surface area contributed by atoms with Gasteiger partial charge < -0.3 is 10.6 Å². The standard InChI is InChI=1S/C14H27N5/c1-6-11-9-19(8-7-17(11)4)14-12(15)13(10(2)3)16-18(14)5/h10-11H,6-9,15H2,1-5H3. The zero-order valence-corrected chi connectivity index (χ0v) is 12.8. The predicted molar refractivity (Wildman–Crippen MR) is 80.6 cm³/mol. The molecule has 2 N–H and O–H groups in total. The van der Waals surface area contributed by atoms with Crippen molar-refractivity contribution in [2.24, 2.45) is 7.05 Å². The molecule has 0 aromatic carbocycles. The Balaban J connectivity index is 2.27. The lowest BCUT2D eigenvalue weighted by atomic mass is 10.1. The van der Waals surface area contributed by atoms with E-state index in [9.17, 15) is 0 Å². The Morgan fingerprint density at radius 2 is 2.00 bits per heavy atom. The summed E-state index contributed by atoms with van der Waals surface area (Å²) in [7, 11) is 4.20. The first kappa shape index (κ1) is 14.2. The molecule has 0 spiro atoms. The van der Waals surface area contributed by atoms with Crippen LogP contribution in [0.3, 0.4) is 0 Å². The van der Waals surface area contributed by atoms with E-state index in [1.807, 2.05) is 11.7 Å². The van der Waals surface area contributed by atoms with Crippen LogP contribution in [0.25, 0.3) is 0 Å². The quantitative estimate of drug-likeness (QED) is 0.903. The maximum absolute atomic E-state index is 6.32. The molecule has 1 saturated heterocycles. The molecule has 2 rings (SSSR count). The van der Waals surface area contributed by atoms with Gasteiger partial charge in [-0.15, -0.1) is 0 Å². The highest BCUT2D eigenvalue weighted by molar-refractivity contribution is 5.67. The molecule has 0 radical (unpaired) electrons. The number of hydrogen-bond donors (Lipinski definition) is 1. The van der Waals surface area contributed by atoms with Crippen molar-refractivity contribution in [2.75, 3.05) is 37.3 Å². The molecule has 1 aliphatic rings. The van der Waals surface area contributed by atoms with Gasteiger partial charge in [-0.3, -0.25) is 9.58 Å². The highest BCUT2D eigenvalue weighted by atomic mass is 15.4. The second kappa shape index (κ2) is 5.41. The lowest BCUT2D eigenvalue weighted by molar-refractivity contribution is 0.212. The summed E-state index contributed by atoms with van der Waals surface area (Å²) in [6.07, 6.45) is 1.17. The third-order valence-electron chi connectivity index (χ3n) is 4.18. The van der Waals surface area contributed by atoms with E-state index < -0.39 is 0 Å². The molecule has 5 heteroatoms. The molecular formula is C14H27N5. The molecule has 5 nitrogen and oxygen atoms in total. The van der Waals surface area contributed by atoms with Crippen LogP contribution in [0.4, 0.5) is 11.5 Å². The first-order chi connectivity index (χ1) is 8.95. The van der Waals surface area contributed by atoms with E-state index in [1.54, 1.807) is 0 Å². The van der Waals surface area contributed by atoms with Gasteiger partial charge in [0.25, 0.3) is 0 Å². The Labute approximate surface area is 116 Å². The van der Waals surface area contributed by atoms with Gasteiger partial charge in [0.05, 0.1) is 11.4 Å². The van der Waals surface area contributed by atoms with Gasteiger partial charge in [-0.25, -0.2) is 0 Å². The monoisotopic (exact) mass is 265 g/mol. The van der Waals surface area contributed by atoms with E-state index in [0.717, 1.165) is 36.8 Å². The molecule has 1 aliphatic heterocycles. The lowest BCUT2D eigenvalue weighted by Crippen LogP contribution is -2.51. The number of piperazine rings is 1. The van der Waals surface area contributed by atoms with Crippen molar-refractivity contribution >= 4 is 11.5 Å². The molecule has 1 aromatic heterocycles. The van der Waals surface area contributed by atoms with Gasteiger partial charge in [0.15, 0.2) is 5.82 Å². The van der Waals surface area contributed by atoms with Crippen LogP contribution in [0, 0.1) is 0 Å². The van der Waals surface area contributed by atoms with Crippen LogP contribution < -0.4 is 10.6 Å². The third-order valence-corrected chi connectivity index (χ3v) is 4.18. The maximum atomic E-state index is 6.32. The van der Waals surface area contributed by atoms with Gasteiger partial charge in [0.1, 0.15) is 0 Å². The average Bonchev–Trinajstić information content (AvgIpc) is 2.66. The highest BCUT2D eigenvalue weighted by Crippen LogP contribution is 2.31. The number of nitrogens with zero attached hydrogens (tertiary/aromatic N) is 4. The highest BCUT2D eigenvalue weighted by Gasteiger charge is 2.27. The molecule has 1 unspecified atom stereocenters. The van der Waals surface area contributed by atoms with Crippen LogP contribution in [0.2, 0.25) is 0 Å². The zero-order valence-electron chi connectivity index (χ0n) is 12.8. The second-order valence-electron chi connectivity index (χ2n) is 5.89. The van der Waals surface area contributed by atoms with Crippen molar-refractivity contribution in [3.8, 4) is 0 Å². The maximum Gasteiger partial charge on any atom is 0.150 e. The smallest absolute Gasteiger partial charge is 0.150 e. The fraction of sp³-hybridized carbons (Fsp3) is 0.786. The number of rotatable bonds is 3.